The minimum absolute atomic E-state index is 0.166. The van der Waals surface area contributed by atoms with Gasteiger partial charge < -0.3 is 18.9 Å². The van der Waals surface area contributed by atoms with Gasteiger partial charge in [-0.3, -0.25) is 5.01 Å². The van der Waals surface area contributed by atoms with E-state index in [-0.39, 0.29) is 12.2 Å². The molecule has 0 aliphatic carbocycles. The van der Waals surface area contributed by atoms with Crippen molar-refractivity contribution in [3.63, 3.8) is 0 Å². The molecule has 0 amide bonds. The summed E-state index contributed by atoms with van der Waals surface area (Å²) >= 11 is 0. The number of aromatic nitrogens is 1. The highest BCUT2D eigenvalue weighted by molar-refractivity contribution is 5.84. The first kappa shape index (κ1) is 19.4. The van der Waals surface area contributed by atoms with E-state index in [0.29, 0.717) is 31.5 Å². The second kappa shape index (κ2) is 9.05. The number of ether oxygens (including phenoxy) is 4. The number of carbonyl (C=O) groups excluding carboxylic acids is 1. The Morgan fingerprint density at radius 2 is 2.22 bits per heavy atom. The number of esters is 1. The van der Waals surface area contributed by atoms with Crippen molar-refractivity contribution in [2.45, 2.75) is 45.4 Å². The van der Waals surface area contributed by atoms with Crippen molar-refractivity contribution in [3.05, 3.63) is 23.9 Å². The van der Waals surface area contributed by atoms with Crippen LogP contribution in [0.1, 0.15) is 38.7 Å². The largest absolute Gasteiger partial charge is 0.496 e. The molecule has 3 rings (SSSR count). The first-order chi connectivity index (χ1) is 13.2. The highest BCUT2D eigenvalue weighted by Crippen LogP contribution is 2.35. The second-order valence-corrected chi connectivity index (χ2v) is 6.26. The smallest absolute Gasteiger partial charge is 0.329 e. The summed E-state index contributed by atoms with van der Waals surface area (Å²) in [5.74, 6) is 0.782. The van der Waals surface area contributed by atoms with Gasteiger partial charge in [-0.2, -0.15) is 0 Å². The normalized spacial score (nSPS) is 22.3. The molecule has 2 unspecified atom stereocenters. The molecule has 0 bridgehead atoms. The van der Waals surface area contributed by atoms with Crippen LogP contribution in [0.15, 0.2) is 18.3 Å². The van der Waals surface area contributed by atoms with Crippen LogP contribution in [-0.2, 0) is 14.3 Å². The third-order valence-electron chi connectivity index (χ3n) is 4.48. The average molecular weight is 377 g/mol. The predicted octanol–water partition coefficient (Wildman–Crippen LogP) is 2.11. The fourth-order valence-corrected chi connectivity index (χ4v) is 3.24. The zero-order valence-electron chi connectivity index (χ0n) is 16.1. The average Bonchev–Trinajstić information content (AvgIpc) is 3.14. The van der Waals surface area contributed by atoms with Crippen LogP contribution in [-0.4, -0.2) is 55.2 Å². The van der Waals surface area contributed by atoms with Crippen LogP contribution in [0.3, 0.4) is 0 Å². The molecule has 0 saturated carbocycles. The summed E-state index contributed by atoms with van der Waals surface area (Å²) in [6.45, 7) is 5.23. The molecule has 2 aliphatic rings. The standard InChI is InChI=1S/C19H27N3O5/c1-4-25-17-11-16(24-3)13(12-20-17)15-10-14(19(23)26-5-2)21-22(15)18-8-6-7-9-27-18/h10-12,14,18,21H,4-9H2,1-3H3. The lowest BCUT2D eigenvalue weighted by molar-refractivity contribution is -0.146. The molecular formula is C19H27N3O5. The summed E-state index contributed by atoms with van der Waals surface area (Å²) in [5.41, 5.74) is 4.75. The van der Waals surface area contributed by atoms with Crippen LogP contribution in [0.25, 0.3) is 5.70 Å². The molecule has 0 radical (unpaired) electrons. The van der Waals surface area contributed by atoms with Crippen LogP contribution in [0.4, 0.5) is 0 Å². The molecule has 1 N–H and O–H groups in total. The van der Waals surface area contributed by atoms with Crippen molar-refractivity contribution in [1.82, 2.24) is 15.4 Å². The maximum Gasteiger partial charge on any atom is 0.329 e. The summed E-state index contributed by atoms with van der Waals surface area (Å²) in [6, 6.07) is 1.17. The van der Waals surface area contributed by atoms with Gasteiger partial charge in [0, 0.05) is 18.9 Å². The zero-order chi connectivity index (χ0) is 19.2. The number of nitrogens with one attached hydrogen (secondary N) is 1. The van der Waals surface area contributed by atoms with Crippen molar-refractivity contribution in [2.24, 2.45) is 0 Å². The Labute approximate surface area is 159 Å². The van der Waals surface area contributed by atoms with Gasteiger partial charge in [0.25, 0.3) is 0 Å². The lowest BCUT2D eigenvalue weighted by Crippen LogP contribution is -2.48. The SMILES string of the molecule is CCOC(=O)C1C=C(c2cnc(OCC)cc2OC)N(C2CCCCO2)N1. The Bertz CT molecular complexity index is 688. The third-order valence-corrected chi connectivity index (χ3v) is 4.48. The number of hydrazine groups is 1. The van der Waals surface area contributed by atoms with Crippen LogP contribution in [0, 0.1) is 0 Å². The lowest BCUT2D eigenvalue weighted by Gasteiger charge is -2.35. The molecule has 0 spiro atoms. The van der Waals surface area contributed by atoms with Gasteiger partial charge in [0.05, 0.1) is 31.6 Å². The quantitative estimate of drug-likeness (QED) is 0.724. The molecule has 1 fully saturated rings. The number of hydrogen-bond donors (Lipinski definition) is 1. The maximum atomic E-state index is 12.3. The van der Waals surface area contributed by atoms with Gasteiger partial charge in [0.2, 0.25) is 5.88 Å². The molecular weight excluding hydrogens is 350 g/mol. The van der Waals surface area contributed by atoms with Crippen molar-refractivity contribution >= 4 is 11.7 Å². The van der Waals surface area contributed by atoms with Crippen LogP contribution < -0.4 is 14.9 Å². The van der Waals surface area contributed by atoms with Gasteiger partial charge in [0.15, 0.2) is 0 Å². The summed E-state index contributed by atoms with van der Waals surface area (Å²) < 4.78 is 22.1. The summed E-state index contributed by atoms with van der Waals surface area (Å²) in [4.78, 5) is 16.6. The molecule has 2 aliphatic heterocycles. The fraction of sp³-hybridized carbons (Fsp3) is 0.579. The number of rotatable bonds is 7. The Morgan fingerprint density at radius 1 is 1.37 bits per heavy atom. The first-order valence-electron chi connectivity index (χ1n) is 9.40. The predicted molar refractivity (Wildman–Crippen MR) is 98.9 cm³/mol. The van der Waals surface area contributed by atoms with Crippen molar-refractivity contribution < 1.29 is 23.7 Å². The molecule has 1 aromatic heterocycles. The van der Waals surface area contributed by atoms with Crippen molar-refractivity contribution in [2.75, 3.05) is 26.9 Å². The van der Waals surface area contributed by atoms with E-state index >= 15 is 0 Å². The van der Waals surface area contributed by atoms with E-state index in [4.69, 9.17) is 18.9 Å². The Balaban J connectivity index is 1.94. The Hall–Kier alpha value is -2.32. The lowest BCUT2D eigenvalue weighted by atomic mass is 10.1. The van der Waals surface area contributed by atoms with E-state index in [1.165, 1.54) is 0 Å². The minimum atomic E-state index is -0.582. The summed E-state index contributed by atoms with van der Waals surface area (Å²) in [5, 5.41) is 1.89. The molecule has 1 aromatic rings. The third kappa shape index (κ3) is 4.33. The number of carbonyl (C=O) groups is 1. The number of nitrogens with zero attached hydrogens (tertiary/aromatic N) is 2. The topological polar surface area (TPSA) is 82.2 Å². The fourth-order valence-electron chi connectivity index (χ4n) is 3.24. The van der Waals surface area contributed by atoms with Crippen molar-refractivity contribution in [1.29, 1.82) is 0 Å². The number of hydrogen-bond acceptors (Lipinski definition) is 8. The Kier molecular flexibility index (Phi) is 6.52. The van der Waals surface area contributed by atoms with E-state index in [1.807, 2.05) is 18.0 Å². The number of methoxy groups -OCH3 is 1. The Morgan fingerprint density at radius 3 is 2.89 bits per heavy atom. The van der Waals surface area contributed by atoms with Crippen LogP contribution in [0.2, 0.25) is 0 Å². The zero-order valence-corrected chi connectivity index (χ0v) is 16.1. The molecule has 1 saturated heterocycles. The van der Waals surface area contributed by atoms with E-state index in [1.54, 1.807) is 26.3 Å². The second-order valence-electron chi connectivity index (χ2n) is 6.26. The molecule has 2 atom stereocenters. The van der Waals surface area contributed by atoms with Gasteiger partial charge in [-0.25, -0.2) is 15.2 Å². The van der Waals surface area contributed by atoms with E-state index in [2.05, 4.69) is 10.4 Å². The molecule has 0 aromatic carbocycles. The van der Waals surface area contributed by atoms with Crippen molar-refractivity contribution in [3.8, 4) is 11.6 Å². The van der Waals surface area contributed by atoms with E-state index in [9.17, 15) is 4.79 Å². The molecule has 8 nitrogen and oxygen atoms in total. The molecule has 148 valence electrons. The first-order valence-corrected chi connectivity index (χ1v) is 9.40. The molecule has 27 heavy (non-hydrogen) atoms. The minimum Gasteiger partial charge on any atom is -0.496 e. The van der Waals surface area contributed by atoms with Gasteiger partial charge in [-0.1, -0.05) is 0 Å². The highest BCUT2D eigenvalue weighted by atomic mass is 16.5. The van der Waals surface area contributed by atoms with Gasteiger partial charge in [-0.05, 0) is 39.2 Å². The highest BCUT2D eigenvalue weighted by Gasteiger charge is 2.36. The summed E-state index contributed by atoms with van der Waals surface area (Å²) in [6.07, 6.45) is 6.33. The number of pyridine rings is 1. The van der Waals surface area contributed by atoms with Gasteiger partial charge in [-0.15, -0.1) is 0 Å². The molecule has 3 heterocycles. The molecule has 8 heteroatoms. The van der Waals surface area contributed by atoms with Crippen LogP contribution >= 0.6 is 0 Å². The maximum absolute atomic E-state index is 12.3. The summed E-state index contributed by atoms with van der Waals surface area (Å²) in [7, 11) is 1.60. The van der Waals surface area contributed by atoms with E-state index < -0.39 is 6.04 Å². The van der Waals surface area contributed by atoms with Crippen LogP contribution in [0.5, 0.6) is 11.6 Å². The monoisotopic (exact) mass is 377 g/mol. The van der Waals surface area contributed by atoms with Gasteiger partial charge in [0.1, 0.15) is 18.0 Å². The van der Waals surface area contributed by atoms with E-state index in [0.717, 1.165) is 30.5 Å². The van der Waals surface area contributed by atoms with Gasteiger partial charge >= 0.3 is 5.97 Å².